The van der Waals surface area contributed by atoms with E-state index in [4.69, 9.17) is 0 Å². The summed E-state index contributed by atoms with van der Waals surface area (Å²) < 4.78 is 0. The minimum absolute atomic E-state index is 0.145. The number of nitrogens with zero attached hydrogens (tertiary/aromatic N) is 2. The number of benzene rings is 1. The van der Waals surface area contributed by atoms with Crippen LogP contribution < -0.4 is 10.2 Å². The van der Waals surface area contributed by atoms with Crippen LogP contribution in [-0.4, -0.2) is 30.6 Å². The van der Waals surface area contributed by atoms with Crippen molar-refractivity contribution in [3.63, 3.8) is 0 Å². The Labute approximate surface area is 94.2 Å². The molecule has 0 bridgehead atoms. The van der Waals surface area contributed by atoms with Crippen LogP contribution in [0.15, 0.2) is 24.3 Å². The molecule has 1 atom stereocenters. The minimum Gasteiger partial charge on any atom is -0.366 e. The molecule has 1 aromatic rings. The summed E-state index contributed by atoms with van der Waals surface area (Å²) in [6.45, 7) is 5.00. The van der Waals surface area contributed by atoms with Crippen molar-refractivity contribution in [3.8, 4) is 0 Å². The first-order chi connectivity index (χ1) is 7.68. The van der Waals surface area contributed by atoms with Crippen LogP contribution in [0.4, 0.5) is 11.4 Å². The van der Waals surface area contributed by atoms with Gasteiger partial charge in [0.05, 0.1) is 4.92 Å². The Morgan fingerprint density at radius 2 is 2.12 bits per heavy atom. The molecule has 1 fully saturated rings. The zero-order valence-corrected chi connectivity index (χ0v) is 9.22. The average Bonchev–Trinajstić information content (AvgIpc) is 2.30. The van der Waals surface area contributed by atoms with Crippen molar-refractivity contribution in [2.45, 2.75) is 13.0 Å². The fraction of sp³-hybridized carbons (Fsp3) is 0.455. The van der Waals surface area contributed by atoms with Gasteiger partial charge in [-0.1, -0.05) is 0 Å². The summed E-state index contributed by atoms with van der Waals surface area (Å²) in [5.41, 5.74) is 1.20. The molecule has 86 valence electrons. The number of hydrogen-bond acceptors (Lipinski definition) is 4. The van der Waals surface area contributed by atoms with Gasteiger partial charge in [-0.3, -0.25) is 10.1 Å². The van der Waals surface area contributed by atoms with E-state index in [-0.39, 0.29) is 10.6 Å². The van der Waals surface area contributed by atoms with E-state index in [1.54, 1.807) is 12.1 Å². The molecule has 2 rings (SSSR count). The van der Waals surface area contributed by atoms with Gasteiger partial charge in [0.1, 0.15) is 0 Å². The third-order valence-corrected chi connectivity index (χ3v) is 2.89. The van der Waals surface area contributed by atoms with Crippen molar-refractivity contribution in [1.29, 1.82) is 0 Å². The van der Waals surface area contributed by atoms with Gasteiger partial charge >= 0.3 is 0 Å². The number of anilines is 1. The summed E-state index contributed by atoms with van der Waals surface area (Å²) in [6.07, 6.45) is 0. The molecular formula is C11H15N3O2. The minimum atomic E-state index is -0.370. The van der Waals surface area contributed by atoms with Gasteiger partial charge in [-0.2, -0.15) is 0 Å². The summed E-state index contributed by atoms with van der Waals surface area (Å²) in [5, 5.41) is 13.8. The number of nitro benzene ring substituents is 1. The molecule has 5 nitrogen and oxygen atoms in total. The molecular weight excluding hydrogens is 206 g/mol. The molecule has 0 radical (unpaired) electrons. The molecule has 1 aromatic carbocycles. The fourth-order valence-corrected chi connectivity index (χ4v) is 1.99. The third kappa shape index (κ3) is 2.14. The molecule has 16 heavy (non-hydrogen) atoms. The molecule has 1 N–H and O–H groups in total. The predicted octanol–water partition coefficient (Wildman–Crippen LogP) is 1.39. The maximum atomic E-state index is 10.5. The first kappa shape index (κ1) is 10.9. The molecule has 5 heteroatoms. The number of hydrogen-bond donors (Lipinski definition) is 1. The van der Waals surface area contributed by atoms with E-state index in [1.807, 2.05) is 12.1 Å². The highest BCUT2D eigenvalue weighted by Gasteiger charge is 2.18. The third-order valence-electron chi connectivity index (χ3n) is 2.89. The van der Waals surface area contributed by atoms with Gasteiger partial charge < -0.3 is 10.2 Å². The van der Waals surface area contributed by atoms with Gasteiger partial charge in [0.25, 0.3) is 5.69 Å². The van der Waals surface area contributed by atoms with Crippen molar-refractivity contribution in [2.24, 2.45) is 0 Å². The number of non-ortho nitro benzene ring substituents is 1. The number of nitro groups is 1. The maximum absolute atomic E-state index is 10.5. The molecule has 0 aliphatic carbocycles. The zero-order chi connectivity index (χ0) is 11.5. The summed E-state index contributed by atoms with van der Waals surface area (Å²) in [5.74, 6) is 0. The van der Waals surface area contributed by atoms with E-state index in [1.165, 1.54) is 0 Å². The Kier molecular flexibility index (Phi) is 3.05. The summed E-state index contributed by atoms with van der Waals surface area (Å²) in [7, 11) is 0. The number of piperazine rings is 1. The van der Waals surface area contributed by atoms with Gasteiger partial charge in [-0.05, 0) is 19.1 Å². The lowest BCUT2D eigenvalue weighted by Gasteiger charge is -2.35. The molecule has 0 spiro atoms. The van der Waals surface area contributed by atoms with Crippen molar-refractivity contribution in [2.75, 3.05) is 24.5 Å². The van der Waals surface area contributed by atoms with Crippen molar-refractivity contribution >= 4 is 11.4 Å². The normalized spacial score (nSPS) is 20.8. The largest absolute Gasteiger partial charge is 0.366 e. The Balaban J connectivity index is 2.17. The number of nitrogens with one attached hydrogen (secondary N) is 1. The van der Waals surface area contributed by atoms with Gasteiger partial charge in [0, 0.05) is 43.5 Å². The quantitative estimate of drug-likeness (QED) is 0.605. The number of rotatable bonds is 2. The average molecular weight is 221 g/mol. The molecule has 1 aliphatic rings. The lowest BCUT2D eigenvalue weighted by molar-refractivity contribution is -0.384. The second kappa shape index (κ2) is 4.49. The second-order valence-electron chi connectivity index (χ2n) is 4.02. The molecule has 1 heterocycles. The highest BCUT2D eigenvalue weighted by Crippen LogP contribution is 2.21. The van der Waals surface area contributed by atoms with E-state index in [9.17, 15) is 10.1 Å². The standard InChI is InChI=1S/C11H15N3O2/c1-9-8-12-6-7-13(9)10-2-4-11(5-3-10)14(15)16/h2-5,9,12H,6-8H2,1H3/t9-/m1/s1. The smallest absolute Gasteiger partial charge is 0.269 e. The summed E-state index contributed by atoms with van der Waals surface area (Å²) in [4.78, 5) is 12.4. The summed E-state index contributed by atoms with van der Waals surface area (Å²) in [6, 6.07) is 7.18. The zero-order valence-electron chi connectivity index (χ0n) is 9.22. The molecule has 1 aliphatic heterocycles. The molecule has 0 saturated carbocycles. The van der Waals surface area contributed by atoms with Gasteiger partial charge in [-0.25, -0.2) is 0 Å². The van der Waals surface area contributed by atoms with Crippen LogP contribution in [0, 0.1) is 10.1 Å². The lowest BCUT2D eigenvalue weighted by atomic mass is 10.1. The van der Waals surface area contributed by atoms with E-state index < -0.39 is 0 Å². The topological polar surface area (TPSA) is 58.4 Å². The van der Waals surface area contributed by atoms with Gasteiger partial charge in [-0.15, -0.1) is 0 Å². The van der Waals surface area contributed by atoms with Crippen molar-refractivity contribution < 1.29 is 4.92 Å². The van der Waals surface area contributed by atoms with Gasteiger partial charge in [0.15, 0.2) is 0 Å². The lowest BCUT2D eigenvalue weighted by Crippen LogP contribution is -2.49. The van der Waals surface area contributed by atoms with Crippen LogP contribution in [0.5, 0.6) is 0 Å². The van der Waals surface area contributed by atoms with Crippen LogP contribution in [0.25, 0.3) is 0 Å². The van der Waals surface area contributed by atoms with Crippen LogP contribution in [0.2, 0.25) is 0 Å². The van der Waals surface area contributed by atoms with Crippen LogP contribution in [0.1, 0.15) is 6.92 Å². The highest BCUT2D eigenvalue weighted by molar-refractivity contribution is 5.52. The maximum Gasteiger partial charge on any atom is 0.269 e. The van der Waals surface area contributed by atoms with Crippen molar-refractivity contribution in [3.05, 3.63) is 34.4 Å². The predicted molar refractivity (Wildman–Crippen MR) is 62.8 cm³/mol. The Morgan fingerprint density at radius 1 is 1.44 bits per heavy atom. The van der Waals surface area contributed by atoms with E-state index in [0.717, 1.165) is 25.3 Å². The molecule has 0 unspecified atom stereocenters. The van der Waals surface area contributed by atoms with E-state index >= 15 is 0 Å². The summed E-state index contributed by atoms with van der Waals surface area (Å²) >= 11 is 0. The van der Waals surface area contributed by atoms with Crippen LogP contribution in [0.3, 0.4) is 0 Å². The highest BCUT2D eigenvalue weighted by atomic mass is 16.6. The van der Waals surface area contributed by atoms with E-state index in [2.05, 4.69) is 17.1 Å². The van der Waals surface area contributed by atoms with Crippen LogP contribution in [-0.2, 0) is 0 Å². The van der Waals surface area contributed by atoms with E-state index in [0.29, 0.717) is 6.04 Å². The van der Waals surface area contributed by atoms with Gasteiger partial charge in [0.2, 0.25) is 0 Å². The Morgan fingerprint density at radius 3 is 2.69 bits per heavy atom. The molecule has 1 saturated heterocycles. The Hall–Kier alpha value is -1.62. The SMILES string of the molecule is C[C@@H]1CNCCN1c1ccc([N+](=O)[O-])cc1. The second-order valence-corrected chi connectivity index (χ2v) is 4.02. The monoisotopic (exact) mass is 221 g/mol. The Bertz CT molecular complexity index is 377. The van der Waals surface area contributed by atoms with Crippen LogP contribution >= 0.6 is 0 Å². The molecule has 0 aromatic heterocycles. The first-order valence-corrected chi connectivity index (χ1v) is 5.40. The molecule has 0 amide bonds. The fourth-order valence-electron chi connectivity index (χ4n) is 1.99. The van der Waals surface area contributed by atoms with Crippen molar-refractivity contribution in [1.82, 2.24) is 5.32 Å². The first-order valence-electron chi connectivity index (χ1n) is 5.40.